The van der Waals surface area contributed by atoms with Crippen molar-refractivity contribution in [2.24, 2.45) is 0 Å². The van der Waals surface area contributed by atoms with Crippen LogP contribution < -0.4 is 10.2 Å². The fourth-order valence-corrected chi connectivity index (χ4v) is 3.64. The van der Waals surface area contributed by atoms with E-state index in [0.717, 1.165) is 11.3 Å². The number of rotatable bonds is 3. The molecular weight excluding hydrogens is 318 g/mol. The van der Waals surface area contributed by atoms with E-state index in [-0.39, 0.29) is 5.91 Å². The summed E-state index contributed by atoms with van der Waals surface area (Å²) < 4.78 is 2.37. The standard InChI is InChI=1S/C19H19N3OS/c1-12-10-14(13(2)21(12)16-8-9-16)11-17-18(23)22(19(24)20-17)15-6-4-3-5-7-15/h3-7,10-11,16H,8-9H2,1-2H3,(H,20,24)/b17-11-. The Morgan fingerprint density at radius 2 is 1.92 bits per heavy atom. The first-order valence-corrected chi connectivity index (χ1v) is 8.57. The lowest BCUT2D eigenvalue weighted by Gasteiger charge is -2.13. The number of hydrogen-bond acceptors (Lipinski definition) is 2. The van der Waals surface area contributed by atoms with E-state index >= 15 is 0 Å². The molecule has 0 atom stereocenters. The van der Waals surface area contributed by atoms with Gasteiger partial charge in [0, 0.05) is 17.4 Å². The molecule has 0 spiro atoms. The minimum absolute atomic E-state index is 0.109. The van der Waals surface area contributed by atoms with Crippen LogP contribution >= 0.6 is 12.2 Å². The Kier molecular flexibility index (Phi) is 3.53. The predicted molar refractivity (Wildman–Crippen MR) is 99.8 cm³/mol. The third-order valence-electron chi connectivity index (χ3n) is 4.63. The molecule has 4 nitrogen and oxygen atoms in total. The van der Waals surface area contributed by atoms with E-state index in [1.807, 2.05) is 36.4 Å². The number of para-hydroxylation sites is 1. The summed E-state index contributed by atoms with van der Waals surface area (Å²) in [6, 6.07) is 12.3. The Morgan fingerprint density at radius 1 is 1.21 bits per heavy atom. The second-order valence-electron chi connectivity index (χ2n) is 6.39. The van der Waals surface area contributed by atoms with Crippen LogP contribution in [0.4, 0.5) is 5.69 Å². The number of amides is 1. The van der Waals surface area contributed by atoms with Crippen LogP contribution in [0.25, 0.3) is 6.08 Å². The molecular formula is C19H19N3OS. The lowest BCUT2D eigenvalue weighted by Crippen LogP contribution is -2.30. The summed E-state index contributed by atoms with van der Waals surface area (Å²) >= 11 is 5.36. The fraction of sp³-hybridized carbons (Fsp3) is 0.263. The van der Waals surface area contributed by atoms with Crippen LogP contribution in [0.1, 0.15) is 35.8 Å². The van der Waals surface area contributed by atoms with E-state index < -0.39 is 0 Å². The highest BCUT2D eigenvalue weighted by Crippen LogP contribution is 2.38. The number of anilines is 1. The average molecular weight is 337 g/mol. The maximum Gasteiger partial charge on any atom is 0.281 e. The summed E-state index contributed by atoms with van der Waals surface area (Å²) in [5.41, 5.74) is 4.84. The summed E-state index contributed by atoms with van der Waals surface area (Å²) in [4.78, 5) is 14.3. The van der Waals surface area contributed by atoms with Crippen molar-refractivity contribution in [3.63, 3.8) is 0 Å². The average Bonchev–Trinajstić information content (AvgIpc) is 3.29. The zero-order valence-corrected chi connectivity index (χ0v) is 14.6. The molecule has 0 radical (unpaired) electrons. The van der Waals surface area contributed by atoms with Gasteiger partial charge in [-0.2, -0.15) is 0 Å². The number of carbonyl (C=O) groups is 1. The van der Waals surface area contributed by atoms with Crippen molar-refractivity contribution < 1.29 is 4.79 Å². The molecule has 2 aromatic rings. The van der Waals surface area contributed by atoms with E-state index in [1.54, 1.807) is 4.90 Å². The Bertz CT molecular complexity index is 862. The van der Waals surface area contributed by atoms with Crippen LogP contribution in [0.5, 0.6) is 0 Å². The number of hydrogen-bond donors (Lipinski definition) is 1. The number of aromatic nitrogens is 1. The van der Waals surface area contributed by atoms with Crippen molar-refractivity contribution >= 4 is 35.0 Å². The van der Waals surface area contributed by atoms with Gasteiger partial charge >= 0.3 is 0 Å². The molecule has 1 saturated carbocycles. The van der Waals surface area contributed by atoms with Crippen LogP contribution in [0, 0.1) is 13.8 Å². The zero-order chi connectivity index (χ0) is 16.8. The van der Waals surface area contributed by atoms with E-state index in [2.05, 4.69) is 29.8 Å². The zero-order valence-electron chi connectivity index (χ0n) is 13.7. The Balaban J connectivity index is 1.68. The normalized spacial score (nSPS) is 19.2. The van der Waals surface area contributed by atoms with Crippen molar-refractivity contribution in [1.29, 1.82) is 0 Å². The topological polar surface area (TPSA) is 37.3 Å². The van der Waals surface area contributed by atoms with E-state index in [9.17, 15) is 4.79 Å². The molecule has 2 heterocycles. The molecule has 1 aromatic carbocycles. The quantitative estimate of drug-likeness (QED) is 0.685. The van der Waals surface area contributed by atoms with Crippen molar-refractivity contribution in [2.45, 2.75) is 32.7 Å². The lowest BCUT2D eigenvalue weighted by molar-refractivity contribution is -0.113. The van der Waals surface area contributed by atoms with Crippen LogP contribution in [0.2, 0.25) is 0 Å². The monoisotopic (exact) mass is 337 g/mol. The van der Waals surface area contributed by atoms with Gasteiger partial charge in [-0.3, -0.25) is 9.69 Å². The van der Waals surface area contributed by atoms with Gasteiger partial charge in [0.15, 0.2) is 5.11 Å². The van der Waals surface area contributed by atoms with Gasteiger partial charge in [0.1, 0.15) is 5.70 Å². The summed E-state index contributed by atoms with van der Waals surface area (Å²) in [6.07, 6.45) is 4.41. The minimum atomic E-state index is -0.109. The van der Waals surface area contributed by atoms with E-state index in [4.69, 9.17) is 12.2 Å². The van der Waals surface area contributed by atoms with Crippen LogP contribution in [0.3, 0.4) is 0 Å². The fourth-order valence-electron chi connectivity index (χ4n) is 3.35. The molecule has 2 aliphatic rings. The van der Waals surface area contributed by atoms with Gasteiger partial charge in [-0.15, -0.1) is 0 Å². The number of aryl methyl sites for hydroxylation is 1. The molecule has 0 bridgehead atoms. The SMILES string of the molecule is Cc1cc(/C=C2\NC(=S)N(c3ccccc3)C2=O)c(C)n1C1CC1. The van der Waals surface area contributed by atoms with Crippen molar-refractivity contribution in [3.8, 4) is 0 Å². The van der Waals surface area contributed by atoms with Gasteiger partial charge in [0.2, 0.25) is 0 Å². The summed E-state index contributed by atoms with van der Waals surface area (Å²) in [7, 11) is 0. The number of benzene rings is 1. The number of nitrogens with zero attached hydrogens (tertiary/aromatic N) is 2. The van der Waals surface area contributed by atoms with Gasteiger partial charge in [-0.1, -0.05) is 18.2 Å². The number of thiocarbonyl (C=S) groups is 1. The summed E-state index contributed by atoms with van der Waals surface area (Å²) in [5, 5.41) is 3.49. The molecule has 1 saturated heterocycles. The van der Waals surface area contributed by atoms with E-state index in [1.165, 1.54) is 24.2 Å². The second-order valence-corrected chi connectivity index (χ2v) is 6.78. The third-order valence-corrected chi connectivity index (χ3v) is 4.91. The molecule has 1 amide bonds. The summed E-state index contributed by atoms with van der Waals surface area (Å²) in [5.74, 6) is -0.109. The first kappa shape index (κ1) is 15.1. The van der Waals surface area contributed by atoms with E-state index in [0.29, 0.717) is 16.9 Å². The van der Waals surface area contributed by atoms with Gasteiger partial charge in [-0.05, 0) is 68.7 Å². The van der Waals surface area contributed by atoms with Crippen molar-refractivity contribution in [1.82, 2.24) is 9.88 Å². The largest absolute Gasteiger partial charge is 0.346 e. The van der Waals surface area contributed by atoms with Crippen molar-refractivity contribution in [3.05, 3.63) is 59.0 Å². The molecule has 24 heavy (non-hydrogen) atoms. The van der Waals surface area contributed by atoms with Crippen LogP contribution in [-0.2, 0) is 4.79 Å². The molecule has 2 fully saturated rings. The number of nitrogens with one attached hydrogen (secondary N) is 1. The third kappa shape index (κ3) is 2.45. The van der Waals surface area contributed by atoms with Crippen molar-refractivity contribution in [2.75, 3.05) is 4.90 Å². The Morgan fingerprint density at radius 3 is 2.58 bits per heavy atom. The van der Waals surface area contributed by atoms with Crippen LogP contribution in [0.15, 0.2) is 42.1 Å². The summed E-state index contributed by atoms with van der Waals surface area (Å²) in [6.45, 7) is 4.24. The molecule has 1 aromatic heterocycles. The molecule has 1 N–H and O–H groups in total. The van der Waals surface area contributed by atoms with Crippen LogP contribution in [-0.4, -0.2) is 15.6 Å². The smallest absolute Gasteiger partial charge is 0.281 e. The lowest BCUT2D eigenvalue weighted by atomic mass is 10.2. The highest BCUT2D eigenvalue weighted by Gasteiger charge is 2.32. The predicted octanol–water partition coefficient (Wildman–Crippen LogP) is 3.70. The molecule has 4 rings (SSSR count). The Labute approximate surface area is 146 Å². The van der Waals surface area contributed by atoms with Gasteiger partial charge in [0.05, 0.1) is 5.69 Å². The van der Waals surface area contributed by atoms with Gasteiger partial charge in [-0.25, -0.2) is 0 Å². The highest BCUT2D eigenvalue weighted by atomic mass is 32.1. The molecule has 1 aliphatic carbocycles. The minimum Gasteiger partial charge on any atom is -0.346 e. The highest BCUT2D eigenvalue weighted by molar-refractivity contribution is 7.80. The number of carbonyl (C=O) groups excluding carboxylic acids is 1. The molecule has 5 heteroatoms. The first-order chi connectivity index (χ1) is 11.6. The van der Waals surface area contributed by atoms with Gasteiger partial charge < -0.3 is 9.88 Å². The molecule has 122 valence electrons. The molecule has 0 unspecified atom stereocenters. The first-order valence-electron chi connectivity index (χ1n) is 8.17. The maximum atomic E-state index is 12.8. The van der Waals surface area contributed by atoms with Gasteiger partial charge in [0.25, 0.3) is 5.91 Å². The maximum absolute atomic E-state index is 12.8. The Hall–Kier alpha value is -2.40. The molecule has 1 aliphatic heterocycles. The second kappa shape index (κ2) is 5.60.